The number of esters is 1. The van der Waals surface area contributed by atoms with Gasteiger partial charge in [0.15, 0.2) is 0 Å². The fourth-order valence-electron chi connectivity index (χ4n) is 1.61. The maximum Gasteiger partial charge on any atom is 0.337 e. The Bertz CT molecular complexity index is 640. The normalized spacial score (nSPS) is 10.0. The lowest BCUT2D eigenvalue weighted by atomic mass is 10.2. The number of nitrogens with one attached hydrogen (secondary N) is 2. The minimum absolute atomic E-state index is 0.109. The predicted octanol–water partition coefficient (Wildman–Crippen LogP) is 2.53. The monoisotopic (exact) mass is 292 g/mol. The Morgan fingerprint density at radius 3 is 2.81 bits per heavy atom. The first-order valence-electron chi connectivity index (χ1n) is 6.04. The average molecular weight is 292 g/mol. The molecule has 2 amide bonds. The molecule has 0 saturated carbocycles. The van der Waals surface area contributed by atoms with Crippen LogP contribution in [-0.4, -0.2) is 19.1 Å². The van der Waals surface area contributed by atoms with E-state index in [1.165, 1.54) is 31.8 Å². The summed E-state index contributed by atoms with van der Waals surface area (Å²) in [6.45, 7) is 0.237. The molecular formula is C14H13FN2O4. The van der Waals surface area contributed by atoms with Gasteiger partial charge in [-0.25, -0.2) is 14.0 Å². The fraction of sp³-hybridized carbons (Fsp3) is 0.143. The molecule has 0 aliphatic heterocycles. The summed E-state index contributed by atoms with van der Waals surface area (Å²) < 4.78 is 23.0. The van der Waals surface area contributed by atoms with Gasteiger partial charge < -0.3 is 19.8 Å². The lowest BCUT2D eigenvalue weighted by molar-refractivity contribution is 0.0600. The van der Waals surface area contributed by atoms with Gasteiger partial charge in [0.25, 0.3) is 0 Å². The molecule has 0 aliphatic carbocycles. The van der Waals surface area contributed by atoms with Crippen LogP contribution in [0.2, 0.25) is 0 Å². The summed E-state index contributed by atoms with van der Waals surface area (Å²) in [6.07, 6.45) is 2.97. The number of carbonyl (C=O) groups is 2. The van der Waals surface area contributed by atoms with Crippen molar-refractivity contribution in [3.8, 4) is 0 Å². The van der Waals surface area contributed by atoms with Gasteiger partial charge in [0, 0.05) is 12.1 Å². The standard InChI is InChI=1S/C14H13FN2O4/c1-20-13(18)10-2-3-11(15)12(6-10)17-14(19)16-7-9-4-5-21-8-9/h2-6,8H,7H2,1H3,(H2,16,17,19). The lowest BCUT2D eigenvalue weighted by Crippen LogP contribution is -2.28. The summed E-state index contributed by atoms with van der Waals surface area (Å²) in [5, 5.41) is 4.86. The highest BCUT2D eigenvalue weighted by Gasteiger charge is 2.12. The molecule has 110 valence electrons. The van der Waals surface area contributed by atoms with E-state index in [9.17, 15) is 14.0 Å². The molecule has 1 aromatic heterocycles. The van der Waals surface area contributed by atoms with Gasteiger partial charge in [-0.15, -0.1) is 0 Å². The fourth-order valence-corrected chi connectivity index (χ4v) is 1.61. The molecule has 6 nitrogen and oxygen atoms in total. The average Bonchev–Trinajstić information content (AvgIpc) is 3.00. The summed E-state index contributed by atoms with van der Waals surface area (Å²) in [5.74, 6) is -1.27. The Hall–Kier alpha value is -2.83. The van der Waals surface area contributed by atoms with E-state index in [0.29, 0.717) is 0 Å². The van der Waals surface area contributed by atoms with E-state index in [1.807, 2.05) is 0 Å². The molecule has 0 atom stereocenters. The first kappa shape index (κ1) is 14.6. The second-order valence-corrected chi connectivity index (χ2v) is 4.13. The Balaban J connectivity index is 2.01. The summed E-state index contributed by atoms with van der Waals surface area (Å²) in [7, 11) is 1.22. The molecule has 1 heterocycles. The summed E-state index contributed by atoms with van der Waals surface area (Å²) in [5.41, 5.74) is 0.806. The highest BCUT2D eigenvalue weighted by atomic mass is 19.1. The van der Waals surface area contributed by atoms with Crippen molar-refractivity contribution in [2.24, 2.45) is 0 Å². The van der Waals surface area contributed by atoms with E-state index in [2.05, 4.69) is 15.4 Å². The summed E-state index contributed by atoms with van der Waals surface area (Å²) in [6, 6.07) is 4.66. The molecule has 21 heavy (non-hydrogen) atoms. The van der Waals surface area contributed by atoms with Crippen LogP contribution in [0.5, 0.6) is 0 Å². The van der Waals surface area contributed by atoms with Crippen LogP contribution >= 0.6 is 0 Å². The zero-order valence-electron chi connectivity index (χ0n) is 11.2. The maximum absolute atomic E-state index is 13.6. The van der Waals surface area contributed by atoms with Gasteiger partial charge in [0.05, 0.1) is 30.9 Å². The number of amides is 2. The largest absolute Gasteiger partial charge is 0.472 e. The van der Waals surface area contributed by atoms with Gasteiger partial charge in [-0.1, -0.05) is 0 Å². The van der Waals surface area contributed by atoms with Crippen molar-refractivity contribution in [3.05, 3.63) is 53.7 Å². The van der Waals surface area contributed by atoms with Crippen LogP contribution in [0, 0.1) is 5.82 Å². The number of hydrogen-bond donors (Lipinski definition) is 2. The SMILES string of the molecule is COC(=O)c1ccc(F)c(NC(=O)NCc2ccoc2)c1. The van der Waals surface area contributed by atoms with Crippen molar-refractivity contribution in [1.29, 1.82) is 0 Å². The van der Waals surface area contributed by atoms with Crippen molar-refractivity contribution in [2.45, 2.75) is 6.54 Å². The van der Waals surface area contributed by atoms with Crippen LogP contribution < -0.4 is 10.6 Å². The maximum atomic E-state index is 13.6. The first-order valence-corrected chi connectivity index (χ1v) is 6.04. The summed E-state index contributed by atoms with van der Waals surface area (Å²) >= 11 is 0. The first-order chi connectivity index (χ1) is 10.1. The highest BCUT2D eigenvalue weighted by Crippen LogP contribution is 2.16. The smallest absolute Gasteiger partial charge is 0.337 e. The molecular weight excluding hydrogens is 279 g/mol. The molecule has 0 aliphatic rings. The van der Waals surface area contributed by atoms with E-state index >= 15 is 0 Å². The molecule has 0 fully saturated rings. The number of carbonyl (C=O) groups excluding carboxylic acids is 2. The van der Waals surface area contributed by atoms with E-state index < -0.39 is 17.8 Å². The molecule has 0 unspecified atom stereocenters. The quantitative estimate of drug-likeness (QED) is 0.848. The van der Waals surface area contributed by atoms with Gasteiger partial charge in [-0.3, -0.25) is 0 Å². The van der Waals surface area contributed by atoms with E-state index in [-0.39, 0.29) is 17.8 Å². The topological polar surface area (TPSA) is 80.6 Å². The van der Waals surface area contributed by atoms with Gasteiger partial charge >= 0.3 is 12.0 Å². The van der Waals surface area contributed by atoms with Gasteiger partial charge in [-0.2, -0.15) is 0 Å². The Kier molecular flexibility index (Phi) is 4.55. The second kappa shape index (κ2) is 6.56. The Morgan fingerprint density at radius 2 is 2.14 bits per heavy atom. The third kappa shape index (κ3) is 3.82. The van der Waals surface area contributed by atoms with Crippen LogP contribution in [0.4, 0.5) is 14.9 Å². The predicted molar refractivity (Wildman–Crippen MR) is 72.3 cm³/mol. The van der Waals surface area contributed by atoms with Crippen molar-refractivity contribution in [2.75, 3.05) is 12.4 Å². The molecule has 2 rings (SSSR count). The molecule has 0 radical (unpaired) electrons. The van der Waals surface area contributed by atoms with Crippen LogP contribution in [0.1, 0.15) is 15.9 Å². The van der Waals surface area contributed by atoms with Crippen molar-refractivity contribution < 1.29 is 23.1 Å². The van der Waals surface area contributed by atoms with Crippen molar-refractivity contribution >= 4 is 17.7 Å². The number of urea groups is 1. The Morgan fingerprint density at radius 1 is 1.33 bits per heavy atom. The molecule has 0 spiro atoms. The zero-order chi connectivity index (χ0) is 15.2. The van der Waals surface area contributed by atoms with Crippen LogP contribution in [0.25, 0.3) is 0 Å². The van der Waals surface area contributed by atoms with Gasteiger partial charge in [-0.05, 0) is 24.3 Å². The van der Waals surface area contributed by atoms with E-state index in [4.69, 9.17) is 4.42 Å². The number of hydrogen-bond acceptors (Lipinski definition) is 4. The van der Waals surface area contributed by atoms with Crippen LogP contribution in [0.3, 0.4) is 0 Å². The van der Waals surface area contributed by atoms with Crippen molar-refractivity contribution in [3.63, 3.8) is 0 Å². The van der Waals surface area contributed by atoms with Crippen molar-refractivity contribution in [1.82, 2.24) is 5.32 Å². The minimum atomic E-state index is -0.652. The van der Waals surface area contributed by atoms with Crippen LogP contribution in [-0.2, 0) is 11.3 Å². The van der Waals surface area contributed by atoms with E-state index in [0.717, 1.165) is 11.6 Å². The zero-order valence-corrected chi connectivity index (χ0v) is 11.2. The van der Waals surface area contributed by atoms with Gasteiger partial charge in [0.2, 0.25) is 0 Å². The third-order valence-electron chi connectivity index (χ3n) is 2.67. The number of anilines is 1. The minimum Gasteiger partial charge on any atom is -0.472 e. The third-order valence-corrected chi connectivity index (χ3v) is 2.67. The number of rotatable bonds is 4. The number of benzene rings is 1. The number of ether oxygens (including phenoxy) is 1. The number of methoxy groups -OCH3 is 1. The molecule has 0 saturated heterocycles. The molecule has 0 bridgehead atoms. The highest BCUT2D eigenvalue weighted by molar-refractivity contribution is 5.94. The van der Waals surface area contributed by atoms with Gasteiger partial charge in [0.1, 0.15) is 5.82 Å². The van der Waals surface area contributed by atoms with E-state index in [1.54, 1.807) is 6.07 Å². The second-order valence-electron chi connectivity index (χ2n) is 4.13. The Labute approximate surface area is 119 Å². The number of furan rings is 1. The molecule has 7 heteroatoms. The van der Waals surface area contributed by atoms with Crippen LogP contribution in [0.15, 0.2) is 41.2 Å². The summed E-state index contributed by atoms with van der Waals surface area (Å²) in [4.78, 5) is 23.0. The number of halogens is 1. The lowest BCUT2D eigenvalue weighted by Gasteiger charge is -2.09. The molecule has 1 aromatic carbocycles. The molecule has 2 aromatic rings. The molecule has 2 N–H and O–H groups in total.